The molecule has 3 heterocycles. The minimum absolute atomic E-state index is 0.195. The number of aromatic hydroxyl groups is 1. The van der Waals surface area contributed by atoms with Crippen LogP contribution in [0.2, 0.25) is 0 Å². The van der Waals surface area contributed by atoms with Gasteiger partial charge in [0.05, 0.1) is 17.6 Å². The van der Waals surface area contributed by atoms with Gasteiger partial charge in [0.1, 0.15) is 5.75 Å². The summed E-state index contributed by atoms with van der Waals surface area (Å²) in [5.74, 6) is 1.64. The van der Waals surface area contributed by atoms with Crippen molar-refractivity contribution in [2.24, 2.45) is 0 Å². The van der Waals surface area contributed by atoms with Gasteiger partial charge in [-0.05, 0) is 68.0 Å². The largest absolute Gasteiger partial charge is 0.507 e. The van der Waals surface area contributed by atoms with Gasteiger partial charge in [0, 0.05) is 42.2 Å². The number of benzene rings is 1. The average molecular weight is 429 g/mol. The first-order chi connectivity index (χ1) is 15.7. The molecule has 7 heteroatoms. The molecule has 3 fully saturated rings. The van der Waals surface area contributed by atoms with Crippen LogP contribution in [0.4, 0.5) is 5.82 Å². The summed E-state index contributed by atoms with van der Waals surface area (Å²) in [6.07, 6.45) is 9.25. The number of aromatic nitrogens is 4. The van der Waals surface area contributed by atoms with Gasteiger partial charge in [0.2, 0.25) is 0 Å². The molecule has 1 saturated heterocycles. The molecule has 2 N–H and O–H groups in total. The molecule has 2 aromatic heterocycles. The first-order valence-corrected chi connectivity index (χ1v) is 11.7. The van der Waals surface area contributed by atoms with Gasteiger partial charge in [-0.1, -0.05) is 12.5 Å². The fraction of sp³-hybridized carbons (Fsp3) is 0.440. The van der Waals surface area contributed by atoms with Crippen LogP contribution in [0.15, 0.2) is 42.6 Å². The predicted octanol–water partition coefficient (Wildman–Crippen LogP) is 3.90. The molecule has 1 atom stereocenters. The maximum absolute atomic E-state index is 10.7. The summed E-state index contributed by atoms with van der Waals surface area (Å²) in [6, 6.07) is 13.0. The second kappa shape index (κ2) is 8.13. The van der Waals surface area contributed by atoms with Gasteiger partial charge < -0.3 is 15.3 Å². The Morgan fingerprint density at radius 2 is 1.78 bits per heavy atom. The van der Waals surface area contributed by atoms with Crippen LogP contribution in [-0.4, -0.2) is 50.7 Å². The lowest BCUT2D eigenvalue weighted by molar-refractivity contribution is 0.311. The van der Waals surface area contributed by atoms with E-state index in [1.54, 1.807) is 12.3 Å². The van der Waals surface area contributed by atoms with E-state index in [2.05, 4.69) is 36.7 Å². The summed E-state index contributed by atoms with van der Waals surface area (Å²) < 4.78 is 0. The lowest BCUT2D eigenvalue weighted by Crippen LogP contribution is -2.43. The molecule has 0 bridgehead atoms. The van der Waals surface area contributed by atoms with Crippen LogP contribution in [0.25, 0.3) is 22.4 Å². The minimum Gasteiger partial charge on any atom is -0.507 e. The smallest absolute Gasteiger partial charge is 0.151 e. The Morgan fingerprint density at radius 1 is 0.875 bits per heavy atom. The number of phenols is 1. The Bertz CT molecular complexity index is 1110. The van der Waals surface area contributed by atoms with Gasteiger partial charge >= 0.3 is 0 Å². The maximum Gasteiger partial charge on any atom is 0.151 e. The van der Waals surface area contributed by atoms with E-state index in [9.17, 15) is 5.11 Å². The van der Waals surface area contributed by atoms with Crippen LogP contribution in [0.5, 0.6) is 5.75 Å². The number of rotatable bonds is 6. The van der Waals surface area contributed by atoms with E-state index >= 15 is 0 Å². The molecule has 32 heavy (non-hydrogen) atoms. The fourth-order valence-electron chi connectivity index (χ4n) is 4.70. The number of nitrogens with zero attached hydrogens (tertiary/aromatic N) is 5. The van der Waals surface area contributed by atoms with Crippen LogP contribution < -0.4 is 10.2 Å². The van der Waals surface area contributed by atoms with E-state index in [-0.39, 0.29) is 5.75 Å². The van der Waals surface area contributed by atoms with Crippen LogP contribution in [-0.2, 0) is 0 Å². The van der Waals surface area contributed by atoms with Crippen molar-refractivity contribution in [3.05, 3.63) is 48.3 Å². The molecule has 6 rings (SSSR count). The van der Waals surface area contributed by atoms with Crippen LogP contribution in [0.3, 0.4) is 0 Å². The third-order valence-electron chi connectivity index (χ3n) is 7.02. The highest BCUT2D eigenvalue weighted by atomic mass is 16.3. The van der Waals surface area contributed by atoms with Gasteiger partial charge in [0.25, 0.3) is 0 Å². The topological polar surface area (TPSA) is 87.1 Å². The quantitative estimate of drug-likeness (QED) is 0.616. The van der Waals surface area contributed by atoms with E-state index in [4.69, 9.17) is 0 Å². The molecule has 0 unspecified atom stereocenters. The summed E-state index contributed by atoms with van der Waals surface area (Å²) >= 11 is 0. The fourth-order valence-corrected chi connectivity index (χ4v) is 4.70. The molecule has 0 amide bonds. The van der Waals surface area contributed by atoms with Crippen LogP contribution >= 0.6 is 0 Å². The molecule has 2 aliphatic carbocycles. The van der Waals surface area contributed by atoms with Crippen molar-refractivity contribution in [2.45, 2.75) is 56.5 Å². The SMILES string of the molecule is Oc1cc(-c2cnnc(C3CC3)c2)ccc1-c1ccc(N2CC[C@@H](NC3CCC3)C2)nn1. The van der Waals surface area contributed by atoms with Crippen LogP contribution in [0, 0.1) is 0 Å². The molecule has 3 aliphatic rings. The monoisotopic (exact) mass is 428 g/mol. The second-order valence-corrected chi connectivity index (χ2v) is 9.38. The van der Waals surface area contributed by atoms with Crippen molar-refractivity contribution in [1.29, 1.82) is 0 Å². The van der Waals surface area contributed by atoms with E-state index in [0.717, 1.165) is 42.1 Å². The van der Waals surface area contributed by atoms with E-state index in [1.165, 1.54) is 32.1 Å². The van der Waals surface area contributed by atoms with Gasteiger partial charge in [-0.25, -0.2) is 0 Å². The molecular weight excluding hydrogens is 400 g/mol. The summed E-state index contributed by atoms with van der Waals surface area (Å²) in [5, 5.41) is 31.7. The third kappa shape index (κ3) is 3.93. The summed E-state index contributed by atoms with van der Waals surface area (Å²) in [5.41, 5.74) is 4.30. The average Bonchev–Trinajstić information content (AvgIpc) is 3.55. The zero-order chi connectivity index (χ0) is 21.5. The predicted molar refractivity (Wildman–Crippen MR) is 124 cm³/mol. The number of nitrogens with one attached hydrogen (secondary N) is 1. The minimum atomic E-state index is 0.195. The van der Waals surface area contributed by atoms with Crippen LogP contribution in [0.1, 0.15) is 50.1 Å². The summed E-state index contributed by atoms with van der Waals surface area (Å²) in [4.78, 5) is 2.30. The maximum atomic E-state index is 10.7. The molecule has 1 aromatic carbocycles. The Morgan fingerprint density at radius 3 is 2.50 bits per heavy atom. The second-order valence-electron chi connectivity index (χ2n) is 9.38. The Kier molecular flexibility index (Phi) is 4.98. The van der Waals surface area contributed by atoms with E-state index < -0.39 is 0 Å². The van der Waals surface area contributed by atoms with Crippen molar-refractivity contribution < 1.29 is 5.11 Å². The Balaban J connectivity index is 1.16. The van der Waals surface area contributed by atoms with Gasteiger partial charge in [-0.2, -0.15) is 10.2 Å². The van der Waals surface area contributed by atoms with Crippen molar-refractivity contribution in [3.8, 4) is 28.1 Å². The zero-order valence-electron chi connectivity index (χ0n) is 18.1. The first-order valence-electron chi connectivity index (χ1n) is 11.7. The highest BCUT2D eigenvalue weighted by molar-refractivity contribution is 5.74. The Labute approximate surface area is 187 Å². The molecule has 2 saturated carbocycles. The standard InChI is InChI=1S/C25H28N6O/c32-24-13-17(18-12-23(16-4-5-16)28-26-14-18)6-7-21(24)22-8-9-25(30-29-22)31-11-10-20(15-31)27-19-2-1-3-19/h6-9,12-14,16,19-20,27,32H,1-5,10-11,15H2/t20-/m1/s1. The van der Waals surface area contributed by atoms with E-state index in [1.807, 2.05) is 24.3 Å². The summed E-state index contributed by atoms with van der Waals surface area (Å²) in [6.45, 7) is 1.98. The molecule has 0 spiro atoms. The molecule has 7 nitrogen and oxygen atoms in total. The molecule has 0 radical (unpaired) electrons. The van der Waals surface area contributed by atoms with Gasteiger partial charge in [-0.15, -0.1) is 10.2 Å². The van der Waals surface area contributed by atoms with Crippen molar-refractivity contribution >= 4 is 5.82 Å². The summed E-state index contributed by atoms with van der Waals surface area (Å²) in [7, 11) is 0. The Hall–Kier alpha value is -3.06. The molecular formula is C25H28N6O. The molecule has 164 valence electrons. The first kappa shape index (κ1) is 19.6. The van der Waals surface area contributed by atoms with Gasteiger partial charge in [-0.3, -0.25) is 0 Å². The van der Waals surface area contributed by atoms with Crippen molar-refractivity contribution in [3.63, 3.8) is 0 Å². The van der Waals surface area contributed by atoms with Crippen molar-refractivity contribution in [1.82, 2.24) is 25.7 Å². The lowest BCUT2D eigenvalue weighted by Gasteiger charge is -2.29. The molecule has 3 aromatic rings. The number of anilines is 1. The number of hydrogen-bond acceptors (Lipinski definition) is 7. The zero-order valence-corrected chi connectivity index (χ0v) is 18.1. The normalized spacial score (nSPS) is 21.0. The third-order valence-corrected chi connectivity index (χ3v) is 7.02. The highest BCUT2D eigenvalue weighted by Crippen LogP contribution is 2.40. The lowest BCUT2D eigenvalue weighted by atomic mass is 9.92. The van der Waals surface area contributed by atoms with E-state index in [0.29, 0.717) is 29.3 Å². The molecule has 1 aliphatic heterocycles. The number of phenolic OH excluding ortho intramolecular Hbond substituents is 1. The number of hydrogen-bond donors (Lipinski definition) is 2. The van der Waals surface area contributed by atoms with Gasteiger partial charge in [0.15, 0.2) is 5.82 Å². The van der Waals surface area contributed by atoms with Crippen molar-refractivity contribution in [2.75, 3.05) is 18.0 Å². The highest BCUT2D eigenvalue weighted by Gasteiger charge is 2.28.